The second-order valence-electron chi connectivity index (χ2n) is 25.0. The van der Waals surface area contributed by atoms with Crippen LogP contribution in [0.25, 0.3) is 122 Å². The van der Waals surface area contributed by atoms with Crippen molar-refractivity contribution in [3.05, 3.63) is 259 Å². The third-order valence-electron chi connectivity index (χ3n) is 16.3. The Balaban J connectivity index is 0.973. The zero-order valence-corrected chi connectivity index (χ0v) is 48.4. The molecule has 0 radical (unpaired) electrons. The monoisotopic (exact) mass is 1050 g/mol. The summed E-state index contributed by atoms with van der Waals surface area (Å²) in [4.78, 5) is 14.6. The molecule has 3 aromatic heterocycles. The summed E-state index contributed by atoms with van der Waals surface area (Å²) in [5.74, 6) is 0. The smallest absolute Gasteiger partial charge is 0.0780 e. The summed E-state index contributed by atoms with van der Waals surface area (Å²) in [5.41, 5.74) is 25.4. The van der Waals surface area contributed by atoms with Crippen LogP contribution in [0.3, 0.4) is 0 Å². The predicted molar refractivity (Wildman–Crippen MR) is 345 cm³/mol. The molecule has 12 rings (SSSR count). The van der Waals surface area contributed by atoms with E-state index in [-0.39, 0.29) is 16.2 Å². The second-order valence-corrected chi connectivity index (χ2v) is 25.0. The first-order chi connectivity index (χ1) is 38.9. The van der Waals surface area contributed by atoms with Gasteiger partial charge in [-0.25, -0.2) is 0 Å². The van der Waals surface area contributed by atoms with Gasteiger partial charge in [-0.15, -0.1) is 0 Å². The van der Waals surface area contributed by atoms with Gasteiger partial charge in [0.05, 0.1) is 17.1 Å². The Kier molecular flexibility index (Phi) is 13.6. The maximum atomic E-state index is 5.04. The van der Waals surface area contributed by atoms with Crippen molar-refractivity contribution in [1.29, 1.82) is 0 Å². The highest BCUT2D eigenvalue weighted by atomic mass is 14.7. The first kappa shape index (κ1) is 52.6. The number of fused-ring (bicyclic) bond motifs is 3. The molecule has 0 unspecified atom stereocenters. The van der Waals surface area contributed by atoms with Crippen LogP contribution < -0.4 is 0 Å². The van der Waals surface area contributed by atoms with E-state index in [9.17, 15) is 0 Å². The minimum atomic E-state index is 0.0275. The lowest BCUT2D eigenvalue weighted by Gasteiger charge is -2.20. The predicted octanol–water partition coefficient (Wildman–Crippen LogP) is 21.4. The van der Waals surface area contributed by atoms with Crippen LogP contribution in [0.1, 0.15) is 84.6 Å². The minimum Gasteiger partial charge on any atom is -0.256 e. The summed E-state index contributed by atoms with van der Waals surface area (Å²) in [7, 11) is 0. The number of aryl methyl sites for hydroxylation is 1. The Morgan fingerprint density at radius 2 is 0.654 bits per heavy atom. The third kappa shape index (κ3) is 10.5. The lowest BCUT2D eigenvalue weighted by Crippen LogP contribution is -2.11. The van der Waals surface area contributed by atoms with E-state index in [1.54, 1.807) is 0 Å². The Morgan fingerprint density at radius 1 is 0.259 bits per heavy atom. The molecule has 9 aromatic carbocycles. The van der Waals surface area contributed by atoms with E-state index in [1.165, 1.54) is 66.2 Å². The highest BCUT2D eigenvalue weighted by Gasteiger charge is 2.21. The molecule has 0 atom stereocenters. The summed E-state index contributed by atoms with van der Waals surface area (Å²) in [6.07, 6.45) is 5.83. The van der Waals surface area contributed by atoms with E-state index in [2.05, 4.69) is 288 Å². The zero-order chi connectivity index (χ0) is 56.2. The minimum absolute atomic E-state index is 0.0275. The molecule has 0 bridgehead atoms. The number of benzene rings is 9. The molecule has 3 heteroatoms. The van der Waals surface area contributed by atoms with E-state index in [4.69, 9.17) is 15.0 Å². The lowest BCUT2D eigenvalue weighted by molar-refractivity contribution is 0.589. The van der Waals surface area contributed by atoms with Crippen LogP contribution in [0.2, 0.25) is 0 Å². The molecular formula is C78H69N3. The molecule has 0 saturated carbocycles. The Morgan fingerprint density at radius 3 is 1.12 bits per heavy atom. The van der Waals surface area contributed by atoms with Crippen molar-refractivity contribution < 1.29 is 0 Å². The molecule has 81 heavy (non-hydrogen) atoms. The highest BCUT2D eigenvalue weighted by molar-refractivity contribution is 6.11. The molecular weight excluding hydrogens is 979 g/mol. The van der Waals surface area contributed by atoms with Crippen LogP contribution in [-0.2, 0) is 16.2 Å². The summed E-state index contributed by atoms with van der Waals surface area (Å²) >= 11 is 0. The van der Waals surface area contributed by atoms with Crippen LogP contribution in [0.4, 0.5) is 0 Å². The number of nitrogens with zero attached hydrogens (tertiary/aromatic N) is 3. The first-order valence-corrected chi connectivity index (χ1v) is 28.5. The fourth-order valence-corrected chi connectivity index (χ4v) is 11.6. The molecule has 3 nitrogen and oxygen atoms in total. The molecule has 0 aliphatic heterocycles. The number of pyridine rings is 3. The van der Waals surface area contributed by atoms with Crippen LogP contribution in [0, 0.1) is 6.92 Å². The number of aromatic nitrogens is 3. The third-order valence-corrected chi connectivity index (χ3v) is 16.3. The van der Waals surface area contributed by atoms with Gasteiger partial charge in [-0.3, -0.25) is 15.0 Å². The molecule has 12 aromatic rings. The Labute approximate surface area is 479 Å². The quantitative estimate of drug-likeness (QED) is 0.135. The topological polar surface area (TPSA) is 38.7 Å². The van der Waals surface area contributed by atoms with E-state index in [1.807, 2.05) is 18.6 Å². The van der Waals surface area contributed by atoms with Gasteiger partial charge in [0.2, 0.25) is 0 Å². The van der Waals surface area contributed by atoms with Crippen molar-refractivity contribution in [1.82, 2.24) is 15.0 Å². The van der Waals surface area contributed by atoms with Gasteiger partial charge in [0.15, 0.2) is 0 Å². The standard InChI is InChI=1S/C78H69N3/c1-50-43-56(75-72-35-31-55-47-60(76(2,3)4)33-36-69(55)71(72)39-42-81-75)32-34-63(50)70-22-16-15-21-68(70)59-45-57(66-19-13-11-17-64(66)51-23-27-53(28-24-51)73-48-61(37-40-79-73)77(5,6)7)44-58(46-59)67-20-14-12-18-65(67)52-25-29-54(30-26-52)74-49-62(38-41-80-74)78(8,9)10/h11-49H,1-10H3. The van der Waals surface area contributed by atoms with Crippen molar-refractivity contribution in [2.75, 3.05) is 0 Å². The molecule has 0 N–H and O–H groups in total. The van der Waals surface area contributed by atoms with Crippen molar-refractivity contribution >= 4 is 21.5 Å². The average Bonchev–Trinajstić information content (AvgIpc) is 3.62. The van der Waals surface area contributed by atoms with Gasteiger partial charge in [-0.1, -0.05) is 226 Å². The molecule has 0 spiro atoms. The summed E-state index contributed by atoms with van der Waals surface area (Å²) in [6.45, 7) is 22.6. The van der Waals surface area contributed by atoms with Crippen molar-refractivity contribution in [3.8, 4) is 101 Å². The van der Waals surface area contributed by atoms with E-state index in [0.717, 1.165) is 78.1 Å². The normalized spacial score (nSPS) is 12.1. The van der Waals surface area contributed by atoms with Crippen LogP contribution in [-0.4, -0.2) is 15.0 Å². The second kappa shape index (κ2) is 20.9. The first-order valence-electron chi connectivity index (χ1n) is 28.5. The molecule has 0 amide bonds. The van der Waals surface area contributed by atoms with Gasteiger partial charge < -0.3 is 0 Å². The van der Waals surface area contributed by atoms with E-state index in [0.29, 0.717) is 0 Å². The number of hydrogen-bond acceptors (Lipinski definition) is 3. The van der Waals surface area contributed by atoms with Crippen LogP contribution >= 0.6 is 0 Å². The van der Waals surface area contributed by atoms with E-state index < -0.39 is 0 Å². The maximum absolute atomic E-state index is 5.04. The van der Waals surface area contributed by atoms with Crippen molar-refractivity contribution in [2.45, 2.75) is 85.5 Å². The number of hydrogen-bond donors (Lipinski definition) is 0. The van der Waals surface area contributed by atoms with E-state index >= 15 is 0 Å². The summed E-state index contributed by atoms with van der Waals surface area (Å²) < 4.78 is 0. The lowest BCUT2D eigenvalue weighted by atomic mass is 9.85. The molecule has 0 aliphatic rings. The molecule has 0 fully saturated rings. The average molecular weight is 1050 g/mol. The Hall–Kier alpha value is -9.05. The fraction of sp³-hybridized carbons (Fsp3) is 0.167. The summed E-state index contributed by atoms with van der Waals surface area (Å²) in [6, 6.07) is 80.8. The van der Waals surface area contributed by atoms with Gasteiger partial charge >= 0.3 is 0 Å². The SMILES string of the molecule is Cc1cc(-c2nccc3c2ccc2cc(C(C)(C)C)ccc23)ccc1-c1ccccc1-c1cc(-c2ccccc2-c2ccc(-c3cc(C(C)(C)C)ccn3)cc2)cc(-c2ccccc2-c2ccc(-c3cc(C(C)(C)C)ccn3)cc2)c1. The molecule has 396 valence electrons. The van der Waals surface area contributed by atoms with Crippen LogP contribution in [0.5, 0.6) is 0 Å². The Bertz CT molecular complexity index is 4170. The van der Waals surface area contributed by atoms with Gasteiger partial charge in [-0.2, -0.15) is 0 Å². The summed E-state index contributed by atoms with van der Waals surface area (Å²) in [5, 5.41) is 4.88. The largest absolute Gasteiger partial charge is 0.256 e. The van der Waals surface area contributed by atoms with Gasteiger partial charge in [0.25, 0.3) is 0 Å². The fourth-order valence-electron chi connectivity index (χ4n) is 11.6. The molecule has 3 heterocycles. The maximum Gasteiger partial charge on any atom is 0.0780 e. The molecule has 0 saturated heterocycles. The van der Waals surface area contributed by atoms with Gasteiger partial charge in [0.1, 0.15) is 0 Å². The van der Waals surface area contributed by atoms with Crippen molar-refractivity contribution in [3.63, 3.8) is 0 Å². The van der Waals surface area contributed by atoms with Crippen LogP contribution in [0.15, 0.2) is 237 Å². The van der Waals surface area contributed by atoms with Gasteiger partial charge in [0, 0.05) is 40.7 Å². The zero-order valence-electron chi connectivity index (χ0n) is 48.4. The van der Waals surface area contributed by atoms with Crippen molar-refractivity contribution in [2.24, 2.45) is 0 Å². The number of rotatable bonds is 9. The molecule has 0 aliphatic carbocycles. The van der Waals surface area contributed by atoms with Gasteiger partial charge in [-0.05, 0) is 183 Å². The highest BCUT2D eigenvalue weighted by Crippen LogP contribution is 2.44.